The van der Waals surface area contributed by atoms with Gasteiger partial charge in [-0.1, -0.05) is 11.6 Å². The van der Waals surface area contributed by atoms with Crippen LogP contribution in [-0.4, -0.2) is 37.7 Å². The first-order valence-electron chi connectivity index (χ1n) is 8.94. The van der Waals surface area contributed by atoms with Gasteiger partial charge in [0.1, 0.15) is 15.6 Å². The molecule has 0 aliphatic rings. The Morgan fingerprint density at radius 1 is 1.07 bits per heavy atom. The highest BCUT2D eigenvalue weighted by Crippen LogP contribution is 2.34. The summed E-state index contributed by atoms with van der Waals surface area (Å²) in [5.41, 5.74) is 1.32. The van der Waals surface area contributed by atoms with Crippen LogP contribution in [0.1, 0.15) is 45.0 Å². The largest absolute Gasteiger partial charge is 0.483 e. The van der Waals surface area contributed by atoms with Crippen LogP contribution >= 0.6 is 22.9 Å². The molecule has 1 aromatic heterocycles. The van der Waals surface area contributed by atoms with E-state index in [2.05, 4.69) is 5.32 Å². The predicted molar refractivity (Wildman–Crippen MR) is 111 cm³/mol. The molecule has 0 bridgehead atoms. The topological polar surface area (TPSA) is 90.9 Å². The van der Waals surface area contributed by atoms with Crippen LogP contribution in [0.15, 0.2) is 18.2 Å². The zero-order valence-electron chi connectivity index (χ0n) is 16.6. The number of ether oxygens (including phenoxy) is 3. The van der Waals surface area contributed by atoms with Gasteiger partial charge in [0.25, 0.3) is 5.91 Å². The summed E-state index contributed by atoms with van der Waals surface area (Å²) < 4.78 is 15.6. The van der Waals surface area contributed by atoms with Gasteiger partial charge in [0.2, 0.25) is 0 Å². The van der Waals surface area contributed by atoms with E-state index in [-0.39, 0.29) is 35.3 Å². The van der Waals surface area contributed by atoms with Gasteiger partial charge in [-0.3, -0.25) is 4.79 Å². The molecule has 0 unspecified atom stereocenters. The molecular formula is C20H22ClNO6S. The predicted octanol–water partition coefficient (Wildman–Crippen LogP) is 4.39. The van der Waals surface area contributed by atoms with Crippen molar-refractivity contribution in [1.29, 1.82) is 0 Å². The van der Waals surface area contributed by atoms with Gasteiger partial charge < -0.3 is 19.5 Å². The Kier molecular flexibility index (Phi) is 8.04. The maximum absolute atomic E-state index is 12.4. The number of nitrogens with one attached hydrogen (secondary N) is 1. The number of rotatable bonds is 8. The number of carbonyl (C=O) groups excluding carboxylic acids is 3. The Balaban J connectivity index is 2.20. The lowest BCUT2D eigenvalue weighted by Gasteiger charge is -2.10. The highest BCUT2D eigenvalue weighted by atomic mass is 35.5. The third kappa shape index (κ3) is 5.71. The van der Waals surface area contributed by atoms with E-state index in [1.54, 1.807) is 39.0 Å². The molecule has 2 aromatic rings. The summed E-state index contributed by atoms with van der Waals surface area (Å²) in [5, 5.41) is 3.41. The fraction of sp³-hybridized carbons (Fsp3) is 0.350. The van der Waals surface area contributed by atoms with E-state index in [0.29, 0.717) is 16.3 Å². The van der Waals surface area contributed by atoms with Gasteiger partial charge >= 0.3 is 11.9 Å². The van der Waals surface area contributed by atoms with Crippen LogP contribution in [0, 0.1) is 13.8 Å². The van der Waals surface area contributed by atoms with Gasteiger partial charge in [0.05, 0.1) is 18.8 Å². The first kappa shape index (κ1) is 22.7. The van der Waals surface area contributed by atoms with Crippen molar-refractivity contribution in [3.05, 3.63) is 44.8 Å². The molecule has 0 radical (unpaired) electrons. The molecule has 2 rings (SSSR count). The lowest BCUT2D eigenvalue weighted by molar-refractivity contribution is -0.118. The van der Waals surface area contributed by atoms with Crippen molar-refractivity contribution in [3.63, 3.8) is 0 Å². The molecule has 9 heteroatoms. The van der Waals surface area contributed by atoms with E-state index in [1.807, 2.05) is 6.92 Å². The summed E-state index contributed by atoms with van der Waals surface area (Å²) >= 11 is 6.87. The highest BCUT2D eigenvalue weighted by Gasteiger charge is 2.27. The fourth-order valence-corrected chi connectivity index (χ4v) is 3.85. The summed E-state index contributed by atoms with van der Waals surface area (Å²) in [6.45, 7) is 6.86. The Hall–Kier alpha value is -2.58. The average molecular weight is 440 g/mol. The number of halogens is 1. The number of carbonyl (C=O) groups is 3. The van der Waals surface area contributed by atoms with Gasteiger partial charge in [-0.2, -0.15) is 0 Å². The minimum Gasteiger partial charge on any atom is -0.483 e. The number of hydrogen-bond donors (Lipinski definition) is 1. The van der Waals surface area contributed by atoms with Crippen LogP contribution < -0.4 is 10.1 Å². The number of hydrogen-bond acceptors (Lipinski definition) is 7. The SMILES string of the molecule is CCOC(=O)c1sc(NC(=O)COc2ccc(Cl)cc2C)c(C(=O)OCC)c1C. The van der Waals surface area contributed by atoms with Crippen molar-refractivity contribution >= 4 is 45.8 Å². The Morgan fingerprint density at radius 2 is 1.72 bits per heavy atom. The van der Waals surface area contributed by atoms with Crippen molar-refractivity contribution in [2.45, 2.75) is 27.7 Å². The van der Waals surface area contributed by atoms with Gasteiger partial charge in [-0.15, -0.1) is 11.3 Å². The summed E-state index contributed by atoms with van der Waals surface area (Å²) in [7, 11) is 0. The van der Waals surface area contributed by atoms with Gasteiger partial charge in [0, 0.05) is 5.02 Å². The summed E-state index contributed by atoms with van der Waals surface area (Å²) in [6, 6.07) is 5.06. The maximum Gasteiger partial charge on any atom is 0.348 e. The quantitative estimate of drug-likeness (QED) is 0.613. The first-order chi connectivity index (χ1) is 13.8. The van der Waals surface area contributed by atoms with E-state index in [9.17, 15) is 14.4 Å². The van der Waals surface area contributed by atoms with Crippen LogP contribution in [0.25, 0.3) is 0 Å². The zero-order valence-corrected chi connectivity index (χ0v) is 18.2. The molecule has 1 aromatic carbocycles. The molecule has 0 saturated heterocycles. The van der Waals surface area contributed by atoms with Crippen LogP contribution in [-0.2, 0) is 14.3 Å². The molecule has 0 fully saturated rings. The van der Waals surface area contributed by atoms with E-state index >= 15 is 0 Å². The van der Waals surface area contributed by atoms with Crippen molar-refractivity contribution in [3.8, 4) is 5.75 Å². The van der Waals surface area contributed by atoms with Crippen molar-refractivity contribution in [2.24, 2.45) is 0 Å². The summed E-state index contributed by atoms with van der Waals surface area (Å²) in [4.78, 5) is 37.1. The molecule has 7 nitrogen and oxygen atoms in total. The van der Waals surface area contributed by atoms with Crippen LogP contribution in [0.5, 0.6) is 5.75 Å². The molecule has 0 spiro atoms. The molecule has 29 heavy (non-hydrogen) atoms. The van der Waals surface area contributed by atoms with Crippen LogP contribution in [0.2, 0.25) is 5.02 Å². The lowest BCUT2D eigenvalue weighted by Crippen LogP contribution is -2.21. The number of thiophene rings is 1. The number of esters is 2. The van der Waals surface area contributed by atoms with Gasteiger partial charge in [0.15, 0.2) is 6.61 Å². The number of amides is 1. The maximum atomic E-state index is 12.4. The van der Waals surface area contributed by atoms with E-state index in [1.165, 1.54) is 0 Å². The molecule has 0 aliphatic carbocycles. The number of aryl methyl sites for hydroxylation is 1. The lowest BCUT2D eigenvalue weighted by atomic mass is 10.1. The highest BCUT2D eigenvalue weighted by molar-refractivity contribution is 7.18. The second-order valence-electron chi connectivity index (χ2n) is 5.95. The van der Waals surface area contributed by atoms with Crippen LogP contribution in [0.4, 0.5) is 5.00 Å². The minimum atomic E-state index is -0.624. The van der Waals surface area contributed by atoms with Gasteiger partial charge in [-0.25, -0.2) is 9.59 Å². The molecule has 1 heterocycles. The first-order valence-corrected chi connectivity index (χ1v) is 10.1. The van der Waals surface area contributed by atoms with E-state index in [0.717, 1.165) is 16.9 Å². The van der Waals surface area contributed by atoms with Crippen molar-refractivity contribution in [2.75, 3.05) is 25.1 Å². The molecule has 0 aliphatic heterocycles. The second-order valence-corrected chi connectivity index (χ2v) is 7.40. The third-order valence-corrected chi connectivity index (χ3v) is 5.26. The molecule has 0 atom stereocenters. The van der Waals surface area contributed by atoms with Crippen molar-refractivity contribution < 1.29 is 28.6 Å². The summed E-state index contributed by atoms with van der Waals surface area (Å²) in [6.07, 6.45) is 0. The average Bonchev–Trinajstić information content (AvgIpc) is 2.97. The smallest absolute Gasteiger partial charge is 0.348 e. The number of benzene rings is 1. The molecule has 1 N–H and O–H groups in total. The Bertz CT molecular complexity index is 924. The standard InChI is InChI=1S/C20H22ClNO6S/c1-5-26-19(24)16-12(4)17(20(25)27-6-2)29-18(16)22-15(23)10-28-14-8-7-13(21)9-11(14)3/h7-9H,5-6,10H2,1-4H3,(H,22,23). The summed E-state index contributed by atoms with van der Waals surface area (Å²) in [5.74, 6) is -1.15. The monoisotopic (exact) mass is 439 g/mol. The van der Waals surface area contributed by atoms with Gasteiger partial charge in [-0.05, 0) is 57.0 Å². The second kappa shape index (κ2) is 10.3. The van der Waals surface area contributed by atoms with E-state index < -0.39 is 17.8 Å². The minimum absolute atomic E-state index is 0.135. The Morgan fingerprint density at radius 3 is 2.34 bits per heavy atom. The zero-order chi connectivity index (χ0) is 21.6. The third-order valence-electron chi connectivity index (χ3n) is 3.84. The van der Waals surface area contributed by atoms with E-state index in [4.69, 9.17) is 25.8 Å². The van der Waals surface area contributed by atoms with Crippen molar-refractivity contribution in [1.82, 2.24) is 0 Å². The molecule has 156 valence electrons. The molecule has 1 amide bonds. The number of anilines is 1. The Labute approximate surface area is 177 Å². The van der Waals surface area contributed by atoms with Crippen LogP contribution in [0.3, 0.4) is 0 Å². The molecular weight excluding hydrogens is 418 g/mol. The molecule has 0 saturated carbocycles. The fourth-order valence-electron chi connectivity index (χ4n) is 2.52. The normalized spacial score (nSPS) is 10.4.